The van der Waals surface area contributed by atoms with Gasteiger partial charge in [-0.25, -0.2) is 0 Å². The van der Waals surface area contributed by atoms with Crippen molar-refractivity contribution in [2.75, 3.05) is 52.2 Å². The molecule has 8 nitrogen and oxygen atoms in total. The summed E-state index contributed by atoms with van der Waals surface area (Å²) >= 11 is 1.55. The number of carboxylic acid groups (broad SMARTS) is 1. The van der Waals surface area contributed by atoms with Crippen molar-refractivity contribution in [3.05, 3.63) is 30.3 Å². The lowest BCUT2D eigenvalue weighted by Gasteiger charge is -2.26. The number of rotatable bonds is 5. The molecule has 0 aromatic heterocycles. The number of nitrogens with one attached hydrogen (secondary N) is 1. The molecule has 2 aliphatic heterocycles. The molecule has 0 saturated carbocycles. The molecule has 1 aromatic carbocycles. The zero-order valence-corrected chi connectivity index (χ0v) is 18.9. The van der Waals surface area contributed by atoms with E-state index in [1.165, 1.54) is 0 Å². The van der Waals surface area contributed by atoms with Crippen molar-refractivity contribution in [1.29, 1.82) is 0 Å². The summed E-state index contributed by atoms with van der Waals surface area (Å²) in [6.07, 6.45) is 2.57. The van der Waals surface area contributed by atoms with Gasteiger partial charge in [0.2, 0.25) is 11.8 Å². The molecule has 2 aliphatic rings. The molecular weight excluding hydrogens is 418 g/mol. The molecule has 2 amide bonds. The molecule has 2 heterocycles. The van der Waals surface area contributed by atoms with Crippen LogP contribution in [0.2, 0.25) is 0 Å². The number of carbonyl (C=O) groups is 3. The SMILES string of the molecule is CN1C[C@@H](NC(=O)CSc2ccccc2)CC[C@@H](C(=O)N2CCCOCC2)C1.O=CO. The summed E-state index contributed by atoms with van der Waals surface area (Å²) in [5.41, 5.74) is 0. The summed E-state index contributed by atoms with van der Waals surface area (Å²) in [6.45, 7) is 4.14. The molecule has 2 atom stereocenters. The van der Waals surface area contributed by atoms with Crippen LogP contribution in [0.25, 0.3) is 0 Å². The maximum absolute atomic E-state index is 12.9. The Labute approximate surface area is 188 Å². The molecule has 0 radical (unpaired) electrons. The number of nitrogens with zero attached hydrogens (tertiary/aromatic N) is 2. The van der Waals surface area contributed by atoms with Crippen LogP contribution in [0, 0.1) is 5.92 Å². The highest BCUT2D eigenvalue weighted by Gasteiger charge is 2.30. The Balaban J connectivity index is 0.00000107. The molecule has 2 N–H and O–H groups in total. The fourth-order valence-corrected chi connectivity index (χ4v) is 4.62. The first kappa shape index (κ1) is 25.2. The van der Waals surface area contributed by atoms with E-state index in [1.807, 2.05) is 42.3 Å². The normalized spacial score (nSPS) is 22.3. The van der Waals surface area contributed by atoms with Crippen molar-refractivity contribution in [2.45, 2.75) is 30.2 Å². The van der Waals surface area contributed by atoms with Crippen LogP contribution in [-0.4, -0.2) is 91.4 Å². The van der Waals surface area contributed by atoms with Crippen LogP contribution in [0.15, 0.2) is 35.2 Å². The van der Waals surface area contributed by atoms with Crippen LogP contribution in [0.3, 0.4) is 0 Å². The monoisotopic (exact) mass is 451 g/mol. The van der Waals surface area contributed by atoms with Gasteiger partial charge in [0.15, 0.2) is 0 Å². The Kier molecular flexibility index (Phi) is 11.4. The third-order valence-electron chi connectivity index (χ3n) is 5.29. The van der Waals surface area contributed by atoms with Gasteiger partial charge in [-0.05, 0) is 38.4 Å². The van der Waals surface area contributed by atoms with Gasteiger partial charge in [-0.2, -0.15) is 0 Å². The van der Waals surface area contributed by atoms with E-state index in [1.54, 1.807) is 11.8 Å². The number of carbonyl (C=O) groups excluding carboxylic acids is 2. The summed E-state index contributed by atoms with van der Waals surface area (Å²) in [7, 11) is 2.04. The van der Waals surface area contributed by atoms with Crippen LogP contribution in [0.4, 0.5) is 0 Å². The molecule has 9 heteroatoms. The second-order valence-electron chi connectivity index (χ2n) is 7.76. The summed E-state index contributed by atoms with van der Waals surface area (Å²) in [5.74, 6) is 0.717. The summed E-state index contributed by atoms with van der Waals surface area (Å²) in [4.78, 5) is 38.9. The smallest absolute Gasteiger partial charge is 0.290 e. The van der Waals surface area contributed by atoms with E-state index in [0.29, 0.717) is 18.9 Å². The van der Waals surface area contributed by atoms with Crippen LogP contribution in [0.1, 0.15) is 19.3 Å². The summed E-state index contributed by atoms with van der Waals surface area (Å²) in [5, 5.41) is 10.1. The van der Waals surface area contributed by atoms with Crippen molar-refractivity contribution >= 4 is 30.0 Å². The third kappa shape index (κ3) is 9.28. The van der Waals surface area contributed by atoms with Gasteiger partial charge < -0.3 is 25.0 Å². The minimum Gasteiger partial charge on any atom is -0.483 e. The number of benzene rings is 1. The fraction of sp³-hybridized carbons (Fsp3) is 0.591. The molecule has 1 aromatic rings. The lowest BCUT2D eigenvalue weighted by atomic mass is 10.00. The van der Waals surface area contributed by atoms with Gasteiger partial charge in [-0.15, -0.1) is 11.8 Å². The topological polar surface area (TPSA) is 99.2 Å². The van der Waals surface area contributed by atoms with E-state index in [9.17, 15) is 9.59 Å². The number of hydrogen-bond donors (Lipinski definition) is 2. The average molecular weight is 452 g/mol. The molecule has 0 aliphatic carbocycles. The number of likely N-dealkylation sites (N-methyl/N-ethyl adjacent to an activating group) is 1. The maximum atomic E-state index is 12.9. The Hall–Kier alpha value is -2.10. The maximum Gasteiger partial charge on any atom is 0.290 e. The molecule has 0 unspecified atom stereocenters. The van der Waals surface area contributed by atoms with E-state index < -0.39 is 0 Å². The van der Waals surface area contributed by atoms with E-state index in [0.717, 1.165) is 50.4 Å². The minimum atomic E-state index is -0.250. The molecular formula is C22H33N3O5S. The highest BCUT2D eigenvalue weighted by molar-refractivity contribution is 8.00. The van der Waals surface area contributed by atoms with E-state index in [-0.39, 0.29) is 30.2 Å². The number of likely N-dealkylation sites (tertiary alicyclic amines) is 1. The molecule has 0 bridgehead atoms. The fourth-order valence-electron chi connectivity index (χ4n) is 3.89. The minimum absolute atomic E-state index is 0.00342. The third-order valence-corrected chi connectivity index (χ3v) is 6.30. The van der Waals surface area contributed by atoms with E-state index in [4.69, 9.17) is 14.6 Å². The van der Waals surface area contributed by atoms with Crippen molar-refractivity contribution in [1.82, 2.24) is 15.1 Å². The molecule has 2 fully saturated rings. The lowest BCUT2D eigenvalue weighted by molar-refractivity contribution is -0.136. The lowest BCUT2D eigenvalue weighted by Crippen LogP contribution is -2.43. The van der Waals surface area contributed by atoms with Crippen molar-refractivity contribution in [2.24, 2.45) is 5.92 Å². The predicted octanol–water partition coefficient (Wildman–Crippen LogP) is 1.56. The van der Waals surface area contributed by atoms with Crippen molar-refractivity contribution in [3.63, 3.8) is 0 Å². The number of amides is 2. The Morgan fingerprint density at radius 3 is 2.68 bits per heavy atom. The van der Waals surface area contributed by atoms with Crippen LogP contribution < -0.4 is 5.32 Å². The first-order valence-corrected chi connectivity index (χ1v) is 11.6. The largest absolute Gasteiger partial charge is 0.483 e. The molecule has 172 valence electrons. The molecule has 3 rings (SSSR count). The molecule has 2 saturated heterocycles. The van der Waals surface area contributed by atoms with Gasteiger partial charge in [0, 0.05) is 43.7 Å². The van der Waals surface area contributed by atoms with E-state index >= 15 is 0 Å². The van der Waals surface area contributed by atoms with Gasteiger partial charge >= 0.3 is 0 Å². The molecule has 0 spiro atoms. The van der Waals surface area contributed by atoms with Crippen molar-refractivity contribution < 1.29 is 24.2 Å². The number of hydrogen-bond acceptors (Lipinski definition) is 6. The summed E-state index contributed by atoms with van der Waals surface area (Å²) in [6, 6.07) is 10.1. The van der Waals surface area contributed by atoms with Crippen LogP contribution in [0.5, 0.6) is 0 Å². The Morgan fingerprint density at radius 2 is 1.94 bits per heavy atom. The Morgan fingerprint density at radius 1 is 1.19 bits per heavy atom. The quantitative estimate of drug-likeness (QED) is 0.518. The first-order valence-electron chi connectivity index (χ1n) is 10.6. The second-order valence-corrected chi connectivity index (χ2v) is 8.81. The van der Waals surface area contributed by atoms with E-state index in [2.05, 4.69) is 10.2 Å². The van der Waals surface area contributed by atoms with Gasteiger partial charge in [0.1, 0.15) is 0 Å². The standard InChI is InChI=1S/C21H31N3O3S.CH2O2/c1-23-14-17(21(26)24-10-5-12-27-13-11-24)8-9-18(15-23)22-20(25)16-28-19-6-3-2-4-7-19;2-1-3/h2-4,6-7,17-18H,5,8-16H2,1H3,(H,22,25);1H,(H,2,3)/t17-,18+;/m1./s1. The van der Waals surface area contributed by atoms with Crippen LogP contribution in [-0.2, 0) is 19.1 Å². The second kappa shape index (κ2) is 14.1. The van der Waals surface area contributed by atoms with Gasteiger partial charge in [0.25, 0.3) is 6.47 Å². The zero-order valence-electron chi connectivity index (χ0n) is 18.1. The van der Waals surface area contributed by atoms with Gasteiger partial charge in [-0.1, -0.05) is 18.2 Å². The highest BCUT2D eigenvalue weighted by atomic mass is 32.2. The van der Waals surface area contributed by atoms with Gasteiger partial charge in [-0.3, -0.25) is 14.4 Å². The predicted molar refractivity (Wildman–Crippen MR) is 120 cm³/mol. The number of thioether (sulfide) groups is 1. The molecule has 31 heavy (non-hydrogen) atoms. The van der Waals surface area contributed by atoms with Crippen LogP contribution >= 0.6 is 11.8 Å². The Bertz CT molecular complexity index is 683. The average Bonchev–Trinajstić information content (AvgIpc) is 3.14. The van der Waals surface area contributed by atoms with Crippen molar-refractivity contribution in [3.8, 4) is 0 Å². The number of ether oxygens (including phenoxy) is 1. The highest BCUT2D eigenvalue weighted by Crippen LogP contribution is 2.20. The zero-order chi connectivity index (χ0) is 22.5. The van der Waals surface area contributed by atoms with Gasteiger partial charge in [0.05, 0.1) is 18.3 Å². The summed E-state index contributed by atoms with van der Waals surface area (Å²) < 4.78 is 5.47. The first-order chi connectivity index (χ1) is 15.0.